The molecule has 8 heteroatoms. The Kier molecular flexibility index (Phi) is 3.37. The molecule has 0 saturated carbocycles. The van der Waals surface area contributed by atoms with E-state index in [4.69, 9.17) is 0 Å². The summed E-state index contributed by atoms with van der Waals surface area (Å²) >= 11 is 1.38. The van der Waals surface area contributed by atoms with E-state index in [9.17, 15) is 9.90 Å². The molecule has 0 aromatic carbocycles. The Labute approximate surface area is 107 Å². The fourth-order valence-electron chi connectivity index (χ4n) is 1.90. The molecule has 0 spiro atoms. The molecule has 0 bridgehead atoms. The first-order chi connectivity index (χ1) is 8.65. The van der Waals surface area contributed by atoms with Gasteiger partial charge < -0.3 is 5.11 Å². The minimum atomic E-state index is -1.11. The van der Waals surface area contributed by atoms with Gasteiger partial charge in [-0.15, -0.1) is 16.4 Å². The molecular weight excluding hydrogens is 254 g/mol. The molecule has 1 N–H and O–H groups in total. The summed E-state index contributed by atoms with van der Waals surface area (Å²) in [6.07, 6.45) is 2.45. The highest BCUT2D eigenvalue weighted by molar-refractivity contribution is 7.13. The zero-order valence-corrected chi connectivity index (χ0v) is 10.9. The first-order valence-electron chi connectivity index (χ1n) is 5.56. The SMILES string of the molecule is CCC(CC)(C(=O)O)n1nnnc1-c1cncs1. The number of nitrogens with zero attached hydrogens (tertiary/aromatic N) is 5. The van der Waals surface area contributed by atoms with Gasteiger partial charge in [0.05, 0.1) is 10.4 Å². The second kappa shape index (κ2) is 4.81. The van der Waals surface area contributed by atoms with Crippen LogP contribution < -0.4 is 0 Å². The first kappa shape index (κ1) is 12.6. The smallest absolute Gasteiger partial charge is 0.331 e. The molecule has 18 heavy (non-hydrogen) atoms. The van der Waals surface area contributed by atoms with Crippen molar-refractivity contribution in [2.24, 2.45) is 0 Å². The minimum absolute atomic E-state index is 0.412. The Morgan fingerprint density at radius 1 is 1.50 bits per heavy atom. The van der Waals surface area contributed by atoms with Crippen LogP contribution >= 0.6 is 11.3 Å². The lowest BCUT2D eigenvalue weighted by atomic mass is 9.93. The van der Waals surface area contributed by atoms with Crippen molar-refractivity contribution in [2.75, 3.05) is 0 Å². The van der Waals surface area contributed by atoms with Crippen LogP contribution in [0.3, 0.4) is 0 Å². The maximum atomic E-state index is 11.6. The third-order valence-corrected chi connectivity index (χ3v) is 3.86. The maximum absolute atomic E-state index is 11.6. The summed E-state index contributed by atoms with van der Waals surface area (Å²) in [6, 6.07) is 0. The Bertz CT molecular complexity index is 532. The zero-order valence-electron chi connectivity index (χ0n) is 10.1. The quantitative estimate of drug-likeness (QED) is 0.880. The van der Waals surface area contributed by atoms with E-state index < -0.39 is 11.5 Å². The number of aromatic nitrogens is 5. The van der Waals surface area contributed by atoms with Crippen molar-refractivity contribution in [3.05, 3.63) is 11.7 Å². The molecule has 0 amide bonds. The summed E-state index contributed by atoms with van der Waals surface area (Å²) in [5.74, 6) is -0.478. The maximum Gasteiger partial charge on any atom is 0.331 e. The molecule has 0 unspecified atom stereocenters. The van der Waals surface area contributed by atoms with Crippen LogP contribution in [0.5, 0.6) is 0 Å². The fraction of sp³-hybridized carbons (Fsp3) is 0.500. The largest absolute Gasteiger partial charge is 0.479 e. The van der Waals surface area contributed by atoms with E-state index in [0.717, 1.165) is 4.88 Å². The molecule has 2 heterocycles. The highest BCUT2D eigenvalue weighted by Crippen LogP contribution is 2.30. The monoisotopic (exact) mass is 267 g/mol. The summed E-state index contributed by atoms with van der Waals surface area (Å²) in [5, 5.41) is 20.9. The van der Waals surface area contributed by atoms with Gasteiger partial charge in [-0.1, -0.05) is 13.8 Å². The van der Waals surface area contributed by atoms with E-state index in [1.807, 2.05) is 13.8 Å². The highest BCUT2D eigenvalue weighted by Gasteiger charge is 2.40. The third kappa shape index (κ3) is 1.78. The number of carboxylic acids is 1. The molecule has 0 aliphatic carbocycles. The predicted molar refractivity (Wildman–Crippen MR) is 65.1 cm³/mol. The number of tetrazole rings is 1. The number of rotatable bonds is 5. The molecule has 0 aliphatic heterocycles. The minimum Gasteiger partial charge on any atom is -0.479 e. The standard InChI is InChI=1S/C10H13N5O2S/c1-3-10(4-2,9(16)17)15-8(12-13-14-15)7-5-11-6-18-7/h5-6H,3-4H2,1-2H3,(H,16,17). The lowest BCUT2D eigenvalue weighted by molar-refractivity contribution is -0.148. The van der Waals surface area contributed by atoms with E-state index in [2.05, 4.69) is 20.5 Å². The van der Waals surface area contributed by atoms with E-state index in [1.165, 1.54) is 16.0 Å². The predicted octanol–water partition coefficient (Wildman–Crippen LogP) is 1.40. The number of hydrogen-bond acceptors (Lipinski definition) is 6. The van der Waals surface area contributed by atoms with Crippen LogP contribution in [0.2, 0.25) is 0 Å². The molecular formula is C10H13N5O2S. The van der Waals surface area contributed by atoms with Gasteiger partial charge in [-0.05, 0) is 23.3 Å². The van der Waals surface area contributed by atoms with Crippen LogP contribution in [-0.2, 0) is 10.3 Å². The van der Waals surface area contributed by atoms with Gasteiger partial charge in [0.15, 0.2) is 11.4 Å². The summed E-state index contributed by atoms with van der Waals surface area (Å²) in [5.41, 5.74) is 0.553. The number of hydrogen-bond donors (Lipinski definition) is 1. The Balaban J connectivity index is 2.57. The van der Waals surface area contributed by atoms with Gasteiger partial charge in [-0.2, -0.15) is 0 Å². The van der Waals surface area contributed by atoms with Gasteiger partial charge in [-0.3, -0.25) is 4.98 Å². The highest BCUT2D eigenvalue weighted by atomic mass is 32.1. The van der Waals surface area contributed by atoms with Gasteiger partial charge in [-0.25, -0.2) is 9.48 Å². The normalized spacial score (nSPS) is 11.7. The van der Waals surface area contributed by atoms with Crippen molar-refractivity contribution in [1.29, 1.82) is 0 Å². The van der Waals surface area contributed by atoms with Crippen molar-refractivity contribution >= 4 is 17.3 Å². The lowest BCUT2D eigenvalue weighted by Gasteiger charge is -2.27. The van der Waals surface area contributed by atoms with E-state index >= 15 is 0 Å². The Hall–Kier alpha value is -1.83. The Morgan fingerprint density at radius 3 is 2.72 bits per heavy atom. The first-order valence-corrected chi connectivity index (χ1v) is 6.44. The summed E-state index contributed by atoms with van der Waals surface area (Å²) in [6.45, 7) is 3.63. The second-order valence-corrected chi connectivity index (χ2v) is 4.71. The average Bonchev–Trinajstić information content (AvgIpc) is 3.01. The lowest BCUT2D eigenvalue weighted by Crippen LogP contribution is -2.42. The molecule has 2 rings (SSSR count). The van der Waals surface area contributed by atoms with Crippen LogP contribution in [0.4, 0.5) is 0 Å². The van der Waals surface area contributed by atoms with Gasteiger partial charge in [0.25, 0.3) is 0 Å². The van der Waals surface area contributed by atoms with E-state index in [1.54, 1.807) is 11.7 Å². The molecule has 0 aliphatic rings. The number of carbonyl (C=O) groups is 1. The fourth-order valence-corrected chi connectivity index (χ4v) is 2.49. The molecule has 0 fully saturated rings. The second-order valence-electron chi connectivity index (χ2n) is 3.82. The molecule has 0 saturated heterocycles. The van der Waals surface area contributed by atoms with Gasteiger partial charge in [0, 0.05) is 6.20 Å². The molecule has 7 nitrogen and oxygen atoms in total. The van der Waals surface area contributed by atoms with Crippen LogP contribution in [-0.4, -0.2) is 36.3 Å². The zero-order chi connectivity index (χ0) is 13.2. The molecule has 0 radical (unpaired) electrons. The number of thiazole rings is 1. The van der Waals surface area contributed by atoms with Crippen LogP contribution in [0, 0.1) is 0 Å². The third-order valence-electron chi connectivity index (χ3n) is 3.10. The molecule has 0 atom stereocenters. The number of carboxylic acid groups (broad SMARTS) is 1. The molecule has 2 aromatic rings. The number of aliphatic carboxylic acids is 1. The van der Waals surface area contributed by atoms with Crippen molar-refractivity contribution in [3.8, 4) is 10.7 Å². The molecule has 96 valence electrons. The van der Waals surface area contributed by atoms with E-state index in [-0.39, 0.29) is 0 Å². The Morgan fingerprint density at radius 2 is 2.22 bits per heavy atom. The van der Waals surface area contributed by atoms with E-state index in [0.29, 0.717) is 18.7 Å². The van der Waals surface area contributed by atoms with Crippen molar-refractivity contribution in [2.45, 2.75) is 32.2 Å². The van der Waals surface area contributed by atoms with Crippen molar-refractivity contribution in [1.82, 2.24) is 25.2 Å². The average molecular weight is 267 g/mol. The van der Waals surface area contributed by atoms with Crippen molar-refractivity contribution in [3.63, 3.8) is 0 Å². The van der Waals surface area contributed by atoms with Gasteiger partial charge in [0.2, 0.25) is 0 Å². The van der Waals surface area contributed by atoms with Crippen LogP contribution in [0.15, 0.2) is 11.7 Å². The topological polar surface area (TPSA) is 93.8 Å². The van der Waals surface area contributed by atoms with Crippen molar-refractivity contribution < 1.29 is 9.90 Å². The van der Waals surface area contributed by atoms with Gasteiger partial charge in [0.1, 0.15) is 0 Å². The summed E-state index contributed by atoms with van der Waals surface area (Å²) in [7, 11) is 0. The van der Waals surface area contributed by atoms with Gasteiger partial charge >= 0.3 is 5.97 Å². The molecule has 2 aromatic heterocycles. The van der Waals surface area contributed by atoms with Crippen LogP contribution in [0.25, 0.3) is 10.7 Å². The summed E-state index contributed by atoms with van der Waals surface area (Å²) in [4.78, 5) is 16.3. The van der Waals surface area contributed by atoms with Crippen LogP contribution in [0.1, 0.15) is 26.7 Å². The summed E-state index contributed by atoms with van der Waals surface area (Å²) < 4.78 is 1.39.